The minimum atomic E-state index is -0.512. The number of nitriles is 1. The Labute approximate surface area is 216 Å². The highest BCUT2D eigenvalue weighted by Gasteiger charge is 2.57. The number of aliphatic hydroxyl groups is 1. The number of rotatable bonds is 6. The lowest BCUT2D eigenvalue weighted by Gasteiger charge is -2.60. The number of amides is 1. The predicted molar refractivity (Wildman–Crippen MR) is 139 cm³/mol. The summed E-state index contributed by atoms with van der Waals surface area (Å²) in [4.78, 5) is 26.1. The summed E-state index contributed by atoms with van der Waals surface area (Å²) in [5, 5.41) is 24.6. The molecule has 4 atom stereocenters. The monoisotopic (exact) mass is 500 g/mol. The van der Waals surface area contributed by atoms with Gasteiger partial charge in [0.1, 0.15) is 17.0 Å². The molecule has 3 aromatic rings. The number of aromatic amines is 1. The molecule has 0 aliphatic heterocycles. The van der Waals surface area contributed by atoms with Crippen molar-refractivity contribution < 1.29 is 9.90 Å². The van der Waals surface area contributed by atoms with Crippen LogP contribution >= 0.6 is 0 Å². The van der Waals surface area contributed by atoms with Gasteiger partial charge in [0.25, 0.3) is 0 Å². The van der Waals surface area contributed by atoms with E-state index in [9.17, 15) is 9.90 Å². The van der Waals surface area contributed by atoms with Crippen molar-refractivity contribution in [1.82, 2.24) is 24.8 Å². The molecule has 3 N–H and O–H groups in total. The number of H-pyrrole nitrogens is 1. The Balaban J connectivity index is 1.14. The van der Waals surface area contributed by atoms with Crippen molar-refractivity contribution in [3.8, 4) is 6.07 Å². The molecule has 8 nitrogen and oxygen atoms in total. The Bertz CT molecular complexity index is 1380. The first-order valence-corrected chi connectivity index (χ1v) is 14.1. The van der Waals surface area contributed by atoms with Gasteiger partial charge in [-0.1, -0.05) is 0 Å². The Morgan fingerprint density at radius 2 is 2.00 bits per heavy atom. The Kier molecular flexibility index (Phi) is 5.37. The van der Waals surface area contributed by atoms with Crippen LogP contribution in [0.5, 0.6) is 0 Å². The van der Waals surface area contributed by atoms with Crippen LogP contribution in [0.4, 0.5) is 0 Å². The zero-order valence-corrected chi connectivity index (χ0v) is 21.4. The third-order valence-electron chi connectivity index (χ3n) is 10.00. The highest BCUT2D eigenvalue weighted by molar-refractivity contribution is 6.01. The number of hydrogen-bond donors (Lipinski definition) is 3. The van der Waals surface area contributed by atoms with Gasteiger partial charge in [-0.2, -0.15) is 5.26 Å². The van der Waals surface area contributed by atoms with E-state index in [1.165, 1.54) is 6.42 Å². The third kappa shape index (κ3) is 4.03. The number of nitrogens with zero attached hydrogens (tertiary/aromatic N) is 4. The van der Waals surface area contributed by atoms with Gasteiger partial charge >= 0.3 is 0 Å². The van der Waals surface area contributed by atoms with Crippen LogP contribution in [-0.2, 0) is 11.2 Å². The molecular formula is C29H36N6O2. The average molecular weight is 501 g/mol. The molecule has 0 saturated heterocycles. The molecule has 5 fully saturated rings. The van der Waals surface area contributed by atoms with Crippen LogP contribution in [0.25, 0.3) is 22.1 Å². The second-order valence-corrected chi connectivity index (χ2v) is 12.8. The van der Waals surface area contributed by atoms with Crippen molar-refractivity contribution in [2.45, 2.75) is 88.7 Å². The van der Waals surface area contributed by atoms with Crippen LogP contribution in [0.3, 0.4) is 0 Å². The van der Waals surface area contributed by atoms with Gasteiger partial charge in [-0.25, -0.2) is 9.97 Å². The van der Waals surface area contributed by atoms with E-state index in [0.29, 0.717) is 30.7 Å². The van der Waals surface area contributed by atoms with E-state index in [1.807, 2.05) is 18.5 Å². The van der Waals surface area contributed by atoms with Crippen LogP contribution in [0.1, 0.15) is 82.5 Å². The molecule has 3 aromatic heterocycles. The fourth-order valence-electron chi connectivity index (χ4n) is 9.00. The maximum Gasteiger partial charge on any atom is 0.227 e. The molecule has 0 spiro atoms. The molecule has 3 heterocycles. The van der Waals surface area contributed by atoms with Gasteiger partial charge in [0.2, 0.25) is 5.91 Å². The van der Waals surface area contributed by atoms with E-state index in [0.717, 1.165) is 85.7 Å². The van der Waals surface area contributed by atoms with Crippen molar-refractivity contribution in [3.63, 3.8) is 0 Å². The molecule has 1 amide bonds. The van der Waals surface area contributed by atoms with Crippen molar-refractivity contribution in [3.05, 3.63) is 24.3 Å². The summed E-state index contributed by atoms with van der Waals surface area (Å²) in [6.07, 6.45) is 14.9. The second-order valence-electron chi connectivity index (χ2n) is 12.8. The number of carbonyl (C=O) groups is 1. The number of nitrogens with one attached hydrogen (secondary N) is 2. The highest BCUT2D eigenvalue weighted by atomic mass is 16.3. The van der Waals surface area contributed by atoms with Crippen molar-refractivity contribution in [2.75, 3.05) is 6.54 Å². The van der Waals surface area contributed by atoms with E-state index >= 15 is 0 Å². The van der Waals surface area contributed by atoms with Gasteiger partial charge in [-0.05, 0) is 93.4 Å². The predicted octanol–water partition coefficient (Wildman–Crippen LogP) is 4.55. The molecular weight excluding hydrogens is 464 g/mol. The first kappa shape index (κ1) is 23.2. The van der Waals surface area contributed by atoms with Gasteiger partial charge in [0.05, 0.1) is 29.8 Å². The van der Waals surface area contributed by atoms with Crippen molar-refractivity contribution in [1.29, 1.82) is 5.26 Å². The molecule has 4 bridgehead atoms. The number of hydrogen-bond acceptors (Lipinski definition) is 5. The third-order valence-corrected chi connectivity index (χ3v) is 10.00. The molecule has 194 valence electrons. The molecule has 2 unspecified atom stereocenters. The second kappa shape index (κ2) is 8.56. The maximum atomic E-state index is 13.4. The summed E-state index contributed by atoms with van der Waals surface area (Å²) in [6, 6.07) is 4.65. The van der Waals surface area contributed by atoms with E-state index in [2.05, 4.69) is 25.9 Å². The van der Waals surface area contributed by atoms with Crippen LogP contribution in [0.15, 0.2) is 18.5 Å². The van der Waals surface area contributed by atoms with Crippen LogP contribution in [0, 0.1) is 34.5 Å². The molecule has 8 heteroatoms. The molecule has 5 aliphatic carbocycles. The largest absolute Gasteiger partial charge is 0.390 e. The van der Waals surface area contributed by atoms with E-state index in [-0.39, 0.29) is 23.8 Å². The first-order valence-electron chi connectivity index (χ1n) is 14.1. The molecule has 5 saturated carbocycles. The quantitative estimate of drug-likeness (QED) is 0.459. The maximum absolute atomic E-state index is 13.4. The van der Waals surface area contributed by atoms with E-state index in [1.54, 1.807) is 0 Å². The zero-order chi connectivity index (χ0) is 25.2. The fraction of sp³-hybridized carbons (Fsp3) is 0.655. The van der Waals surface area contributed by atoms with Gasteiger partial charge in [0, 0.05) is 30.6 Å². The normalized spacial score (nSPS) is 34.7. The molecule has 5 aliphatic rings. The minimum Gasteiger partial charge on any atom is -0.390 e. The van der Waals surface area contributed by atoms with E-state index in [4.69, 9.17) is 10.2 Å². The molecule has 0 aromatic carbocycles. The lowest BCUT2D eigenvalue weighted by Crippen LogP contribution is -2.58. The van der Waals surface area contributed by atoms with Gasteiger partial charge in [-0.3, -0.25) is 4.79 Å². The van der Waals surface area contributed by atoms with Gasteiger partial charge < -0.3 is 20.0 Å². The fourth-order valence-corrected chi connectivity index (χ4v) is 9.00. The smallest absolute Gasteiger partial charge is 0.227 e. The number of pyridine rings is 1. The van der Waals surface area contributed by atoms with Crippen molar-refractivity contribution >= 4 is 28.0 Å². The Morgan fingerprint density at radius 3 is 2.73 bits per heavy atom. The molecule has 8 rings (SSSR count). The molecule has 0 radical (unpaired) electrons. The topological polar surface area (TPSA) is 120 Å². The van der Waals surface area contributed by atoms with Gasteiger partial charge in [-0.15, -0.1) is 0 Å². The number of fused-ring (bicyclic) bond motifs is 3. The van der Waals surface area contributed by atoms with Crippen LogP contribution in [-0.4, -0.2) is 42.7 Å². The summed E-state index contributed by atoms with van der Waals surface area (Å²) in [5.74, 6) is 2.50. The summed E-state index contributed by atoms with van der Waals surface area (Å²) in [6.45, 7) is 0.657. The standard InChI is InChI=1S/C29H36N6O2/c30-7-5-18-1-3-21(4-2-18)35-24(34-23-15-32-27-22(26(23)35)6-8-31-27)10-25(36)33-17-28-11-19-9-20(12-28)14-29(37,13-19)16-28/h6,8,15,18-21,37H,1-5,9-14,16-17H2,(H,31,32)(H,33,36)/t18?,19-,20+,21?,28?,29?. The van der Waals surface area contributed by atoms with Crippen LogP contribution in [0.2, 0.25) is 0 Å². The first-order chi connectivity index (χ1) is 17.9. The number of imidazole rings is 1. The van der Waals surface area contributed by atoms with Crippen molar-refractivity contribution in [2.24, 2.45) is 23.2 Å². The van der Waals surface area contributed by atoms with Gasteiger partial charge in [0.15, 0.2) is 0 Å². The minimum absolute atomic E-state index is 0.00993. The van der Waals surface area contributed by atoms with Crippen LogP contribution < -0.4 is 5.32 Å². The lowest BCUT2D eigenvalue weighted by molar-refractivity contribution is -0.163. The summed E-state index contributed by atoms with van der Waals surface area (Å²) >= 11 is 0. The summed E-state index contributed by atoms with van der Waals surface area (Å²) < 4.78 is 2.31. The Hall–Kier alpha value is -2.92. The summed E-state index contributed by atoms with van der Waals surface area (Å²) in [7, 11) is 0. The Morgan fingerprint density at radius 1 is 1.22 bits per heavy atom. The number of aromatic nitrogens is 4. The SMILES string of the molecule is N#CCC1CCC(n2c(CC(=O)NCC34C[C@@H]5C[C@@H](CC(O)(C5)C3)C4)nc3cnc4[nH]ccc4c32)CC1. The zero-order valence-electron chi connectivity index (χ0n) is 21.4. The highest BCUT2D eigenvalue weighted by Crippen LogP contribution is 2.61. The average Bonchev–Trinajstić information content (AvgIpc) is 3.46. The molecule has 37 heavy (non-hydrogen) atoms. The summed E-state index contributed by atoms with van der Waals surface area (Å²) in [5.41, 5.74) is 2.26. The number of carbonyl (C=O) groups excluding carboxylic acids is 1. The van der Waals surface area contributed by atoms with E-state index < -0.39 is 5.60 Å². The lowest BCUT2D eigenvalue weighted by atomic mass is 9.48.